The molecule has 0 heterocycles. The second-order valence-corrected chi connectivity index (χ2v) is 0.816. The number of hydrogen-bond donors (Lipinski definition) is 1. The van der Waals surface area contributed by atoms with E-state index in [1.54, 1.807) is 6.07 Å². The molecule has 0 fully saturated rings. The first-order chi connectivity index (χ1) is 3.77. The fourth-order valence-electron chi connectivity index (χ4n) is 0.123. The van der Waals surface area contributed by atoms with Crippen molar-refractivity contribution in [2.45, 2.75) is 0 Å². The second kappa shape index (κ2) is 3.68. The molecule has 0 saturated carbocycles. The highest BCUT2D eigenvalue weighted by Crippen LogP contribution is 1.75. The van der Waals surface area contributed by atoms with Gasteiger partial charge in [0.05, 0.1) is 12.1 Å². The summed E-state index contributed by atoms with van der Waals surface area (Å²) in [5, 5.41) is 15.5. The third-order valence-corrected chi connectivity index (χ3v) is 0.311. The summed E-state index contributed by atoms with van der Waals surface area (Å²) >= 11 is 0. The highest BCUT2D eigenvalue weighted by molar-refractivity contribution is 5.57. The molecule has 42 valence electrons. The van der Waals surface area contributed by atoms with Gasteiger partial charge in [0, 0.05) is 0 Å². The van der Waals surface area contributed by atoms with Crippen LogP contribution in [0.2, 0.25) is 0 Å². The van der Waals surface area contributed by atoms with Crippen molar-refractivity contribution in [2.24, 2.45) is 0 Å². The molecular formula is C4H3NO3. The van der Waals surface area contributed by atoms with E-state index in [1.165, 1.54) is 0 Å². The summed E-state index contributed by atoms with van der Waals surface area (Å²) in [5.41, 5.74) is 0. The molecule has 0 radical (unpaired) electrons. The number of rotatable bonds is 1. The summed E-state index contributed by atoms with van der Waals surface area (Å²) in [6.07, 6.45) is 0.299. The van der Waals surface area contributed by atoms with Gasteiger partial charge in [-0.25, -0.2) is 4.79 Å². The predicted octanol–water partition coefficient (Wildman–Crippen LogP) is 0.718. The Balaban J connectivity index is 3.34. The van der Waals surface area contributed by atoms with Gasteiger partial charge in [-0.1, -0.05) is 0 Å². The minimum atomic E-state index is -1.42. The maximum atomic E-state index is 9.49. The summed E-state index contributed by atoms with van der Waals surface area (Å²) in [4.78, 5) is 9.49. The summed E-state index contributed by atoms with van der Waals surface area (Å²) in [6.45, 7) is 0. The topological polar surface area (TPSA) is 70.3 Å². The third-order valence-electron chi connectivity index (χ3n) is 0.311. The van der Waals surface area contributed by atoms with Crippen LogP contribution in [0, 0.1) is 11.3 Å². The summed E-state index contributed by atoms with van der Waals surface area (Å²) in [7, 11) is 0. The molecule has 8 heavy (non-hydrogen) atoms. The van der Waals surface area contributed by atoms with E-state index in [1.807, 2.05) is 0 Å². The largest absolute Gasteiger partial charge is 0.510 e. The zero-order chi connectivity index (χ0) is 6.41. The van der Waals surface area contributed by atoms with Gasteiger partial charge < -0.3 is 9.84 Å². The number of allylic oxidation sites excluding steroid dienone is 1. The van der Waals surface area contributed by atoms with E-state index in [2.05, 4.69) is 4.74 Å². The molecule has 4 heteroatoms. The Morgan fingerprint density at radius 3 is 2.88 bits per heavy atom. The fraction of sp³-hybridized carbons (Fsp3) is 0. The SMILES string of the molecule is N#CC=COC(=O)O. The predicted molar refractivity (Wildman–Crippen MR) is 23.9 cm³/mol. The van der Waals surface area contributed by atoms with Crippen LogP contribution in [0.25, 0.3) is 0 Å². The molecule has 0 aliphatic carbocycles. The molecule has 0 aromatic rings. The Bertz CT molecular complexity index is 144. The Labute approximate surface area is 45.6 Å². The zero-order valence-electron chi connectivity index (χ0n) is 3.87. The van der Waals surface area contributed by atoms with E-state index in [0.717, 1.165) is 12.3 Å². The Hall–Kier alpha value is -1.50. The smallest absolute Gasteiger partial charge is 0.449 e. The molecule has 4 nitrogen and oxygen atoms in total. The van der Waals surface area contributed by atoms with E-state index < -0.39 is 6.16 Å². The van der Waals surface area contributed by atoms with Crippen LogP contribution in [0.3, 0.4) is 0 Å². The van der Waals surface area contributed by atoms with Gasteiger partial charge in [-0.2, -0.15) is 5.26 Å². The second-order valence-electron chi connectivity index (χ2n) is 0.816. The van der Waals surface area contributed by atoms with Crippen LogP contribution in [0.15, 0.2) is 12.3 Å². The quantitative estimate of drug-likeness (QED) is 0.309. The Morgan fingerprint density at radius 2 is 2.50 bits per heavy atom. The molecule has 0 amide bonds. The lowest BCUT2D eigenvalue weighted by Gasteiger charge is -1.82. The monoisotopic (exact) mass is 113 g/mol. The van der Waals surface area contributed by atoms with Crippen molar-refractivity contribution in [3.63, 3.8) is 0 Å². The first kappa shape index (κ1) is 6.50. The first-order valence-corrected chi connectivity index (χ1v) is 1.71. The number of ether oxygens (including phenoxy) is 1. The highest BCUT2D eigenvalue weighted by Gasteiger charge is 1.86. The van der Waals surface area contributed by atoms with Crippen LogP contribution < -0.4 is 0 Å². The lowest BCUT2D eigenvalue weighted by atomic mass is 10.7. The maximum absolute atomic E-state index is 9.49. The first-order valence-electron chi connectivity index (χ1n) is 1.71. The lowest BCUT2D eigenvalue weighted by Crippen LogP contribution is -1.90. The third kappa shape index (κ3) is 4.50. The number of carbonyl (C=O) groups is 1. The molecule has 0 aromatic carbocycles. The van der Waals surface area contributed by atoms with Gasteiger partial charge in [0.1, 0.15) is 6.26 Å². The van der Waals surface area contributed by atoms with Crippen LogP contribution in [0.5, 0.6) is 0 Å². The van der Waals surface area contributed by atoms with E-state index in [9.17, 15) is 4.79 Å². The number of nitrogens with zero attached hydrogens (tertiary/aromatic N) is 1. The Morgan fingerprint density at radius 1 is 1.88 bits per heavy atom. The molecular weight excluding hydrogens is 110 g/mol. The number of hydrogen-bond acceptors (Lipinski definition) is 3. The zero-order valence-corrected chi connectivity index (χ0v) is 3.87. The van der Waals surface area contributed by atoms with Crippen molar-refractivity contribution >= 4 is 6.16 Å². The van der Waals surface area contributed by atoms with Crippen LogP contribution in [-0.2, 0) is 4.74 Å². The summed E-state index contributed by atoms with van der Waals surface area (Å²) in [6, 6.07) is 1.55. The number of nitriles is 1. The molecule has 0 aliphatic heterocycles. The van der Waals surface area contributed by atoms with Crippen LogP contribution in [0.4, 0.5) is 4.79 Å². The normalized spacial score (nSPS) is 8.38. The van der Waals surface area contributed by atoms with Gasteiger partial charge in [-0.05, 0) is 0 Å². The standard InChI is InChI=1S/C4H3NO3/c5-2-1-3-8-4(6)7/h1,3H,(H,6,7). The van der Waals surface area contributed by atoms with Gasteiger partial charge in [0.2, 0.25) is 0 Å². The molecule has 0 saturated heterocycles. The molecule has 0 bridgehead atoms. The van der Waals surface area contributed by atoms with Gasteiger partial charge in [-0.3, -0.25) is 0 Å². The molecule has 0 aliphatic rings. The van der Waals surface area contributed by atoms with Gasteiger partial charge in [0.25, 0.3) is 0 Å². The van der Waals surface area contributed by atoms with Crippen molar-refractivity contribution in [1.82, 2.24) is 0 Å². The summed E-state index contributed by atoms with van der Waals surface area (Å²) in [5.74, 6) is 0. The highest BCUT2D eigenvalue weighted by atomic mass is 16.7. The van der Waals surface area contributed by atoms with Crippen molar-refractivity contribution in [3.05, 3.63) is 12.3 Å². The minimum absolute atomic E-state index is 0.794. The minimum Gasteiger partial charge on any atom is -0.449 e. The average Bonchev–Trinajstić information content (AvgIpc) is 1.66. The van der Waals surface area contributed by atoms with Crippen molar-refractivity contribution in [2.75, 3.05) is 0 Å². The molecule has 0 aromatic heterocycles. The van der Waals surface area contributed by atoms with Crippen molar-refractivity contribution in [3.8, 4) is 6.07 Å². The van der Waals surface area contributed by atoms with Gasteiger partial charge in [-0.15, -0.1) is 0 Å². The molecule has 0 unspecified atom stereocenters. The van der Waals surface area contributed by atoms with Crippen LogP contribution in [0.1, 0.15) is 0 Å². The number of carboxylic acid groups (broad SMARTS) is 1. The molecule has 0 rings (SSSR count). The van der Waals surface area contributed by atoms with Crippen molar-refractivity contribution in [1.29, 1.82) is 5.26 Å². The van der Waals surface area contributed by atoms with Crippen LogP contribution in [-0.4, -0.2) is 11.3 Å². The molecule has 1 N–H and O–H groups in total. The summed E-state index contributed by atoms with van der Waals surface area (Å²) < 4.78 is 3.80. The van der Waals surface area contributed by atoms with E-state index in [-0.39, 0.29) is 0 Å². The average molecular weight is 113 g/mol. The lowest BCUT2D eigenvalue weighted by molar-refractivity contribution is 0.128. The van der Waals surface area contributed by atoms with E-state index in [4.69, 9.17) is 10.4 Å². The van der Waals surface area contributed by atoms with Gasteiger partial charge >= 0.3 is 6.16 Å². The molecule has 0 spiro atoms. The van der Waals surface area contributed by atoms with E-state index >= 15 is 0 Å². The van der Waals surface area contributed by atoms with E-state index in [0.29, 0.717) is 0 Å². The van der Waals surface area contributed by atoms with Crippen LogP contribution >= 0.6 is 0 Å². The fourth-order valence-corrected chi connectivity index (χ4v) is 0.123. The van der Waals surface area contributed by atoms with Gasteiger partial charge in [0.15, 0.2) is 0 Å². The van der Waals surface area contributed by atoms with Crippen molar-refractivity contribution < 1.29 is 14.6 Å². The molecule has 0 atom stereocenters. The maximum Gasteiger partial charge on any atom is 0.510 e. The Kier molecular flexibility index (Phi) is 2.99.